The fraction of sp³-hybridized carbons (Fsp3) is 0.385. The number of carbonyl (C=O) groups is 1. The number of nitrogens with two attached hydrogens (primary N) is 1. The highest BCUT2D eigenvalue weighted by Gasteiger charge is 2.20. The summed E-state index contributed by atoms with van der Waals surface area (Å²) in [5.74, 6) is 0.0244. The van der Waals surface area contributed by atoms with Crippen molar-refractivity contribution in [3.05, 3.63) is 22.2 Å². The maximum absolute atomic E-state index is 12.0. The Hall–Kier alpha value is -1.56. The maximum Gasteiger partial charge on any atom is 0.338 e. The lowest BCUT2D eigenvalue weighted by atomic mass is 10.1. The summed E-state index contributed by atoms with van der Waals surface area (Å²) in [5, 5.41) is 0. The van der Waals surface area contributed by atoms with Crippen molar-refractivity contribution in [2.75, 3.05) is 5.73 Å². The van der Waals surface area contributed by atoms with Gasteiger partial charge in [-0.05, 0) is 48.8 Å². The average molecular weight is 326 g/mol. The van der Waals surface area contributed by atoms with Gasteiger partial charge >= 0.3 is 5.97 Å². The van der Waals surface area contributed by atoms with Crippen LogP contribution in [0.3, 0.4) is 0 Å². The summed E-state index contributed by atoms with van der Waals surface area (Å²) >= 11 is 3.44. The van der Waals surface area contributed by atoms with Gasteiger partial charge in [-0.2, -0.15) is 0 Å². The first kappa shape index (κ1) is 13.9. The van der Waals surface area contributed by atoms with Crippen LogP contribution < -0.4 is 5.73 Å². The van der Waals surface area contributed by atoms with Gasteiger partial charge in [-0.1, -0.05) is 0 Å². The van der Waals surface area contributed by atoms with Crippen molar-refractivity contribution < 1.29 is 9.53 Å². The molecule has 0 fully saturated rings. The number of nitrogens with zero attached hydrogens (tertiary/aromatic N) is 2. The third-order valence-electron chi connectivity index (χ3n) is 2.59. The molecule has 2 rings (SSSR count). The monoisotopic (exact) mass is 325 g/mol. The van der Waals surface area contributed by atoms with E-state index in [4.69, 9.17) is 10.5 Å². The molecule has 0 bridgehead atoms. The van der Waals surface area contributed by atoms with E-state index in [0.29, 0.717) is 17.0 Å². The van der Waals surface area contributed by atoms with Gasteiger partial charge in [0, 0.05) is 11.5 Å². The molecule has 0 amide bonds. The Bertz CT molecular complexity index is 656. The van der Waals surface area contributed by atoms with E-state index >= 15 is 0 Å². The quantitative estimate of drug-likeness (QED) is 0.818. The molecule has 2 aromatic rings. The number of carbonyl (C=O) groups excluding carboxylic acids is 1. The van der Waals surface area contributed by atoms with Crippen molar-refractivity contribution >= 4 is 38.9 Å². The Morgan fingerprint density at radius 3 is 2.63 bits per heavy atom. The van der Waals surface area contributed by atoms with Crippen LogP contribution in [-0.2, 0) is 11.8 Å². The second-order valence-electron chi connectivity index (χ2n) is 5.36. The summed E-state index contributed by atoms with van der Waals surface area (Å²) in [7, 11) is 1.82. The zero-order valence-electron chi connectivity index (χ0n) is 11.3. The van der Waals surface area contributed by atoms with Gasteiger partial charge in [-0.3, -0.25) is 0 Å². The molecule has 5 nitrogen and oxygen atoms in total. The molecule has 0 saturated heterocycles. The summed E-state index contributed by atoms with van der Waals surface area (Å²) in [5.41, 5.74) is 7.20. The van der Waals surface area contributed by atoms with Gasteiger partial charge in [0.05, 0.1) is 16.6 Å². The molecule has 0 atom stereocenters. The van der Waals surface area contributed by atoms with Crippen LogP contribution in [0.25, 0.3) is 11.0 Å². The summed E-state index contributed by atoms with van der Waals surface area (Å²) in [6.07, 6.45) is 0. The number of imidazole rings is 1. The van der Waals surface area contributed by atoms with Crippen LogP contribution in [0, 0.1) is 0 Å². The van der Waals surface area contributed by atoms with Gasteiger partial charge < -0.3 is 15.0 Å². The van der Waals surface area contributed by atoms with Gasteiger partial charge in [0.25, 0.3) is 0 Å². The topological polar surface area (TPSA) is 70.1 Å². The zero-order valence-corrected chi connectivity index (χ0v) is 12.9. The molecule has 0 radical (unpaired) electrons. The predicted molar refractivity (Wildman–Crippen MR) is 78.0 cm³/mol. The smallest absolute Gasteiger partial charge is 0.338 e. The summed E-state index contributed by atoms with van der Waals surface area (Å²) < 4.78 is 7.86. The average Bonchev–Trinajstić information content (AvgIpc) is 2.52. The van der Waals surface area contributed by atoms with E-state index in [1.165, 1.54) is 0 Å². The molecule has 1 aromatic carbocycles. The minimum absolute atomic E-state index is 0.376. The SMILES string of the molecule is Cn1c(N)nc2cc(C(=O)OC(C)(C)C)cc(Br)c21. The number of rotatable bonds is 1. The summed E-state index contributed by atoms with van der Waals surface area (Å²) in [6.45, 7) is 5.49. The molecule has 0 spiro atoms. The summed E-state index contributed by atoms with van der Waals surface area (Å²) in [4.78, 5) is 16.3. The maximum atomic E-state index is 12.0. The second-order valence-corrected chi connectivity index (χ2v) is 6.21. The van der Waals surface area contributed by atoms with Crippen LogP contribution in [0.4, 0.5) is 5.95 Å². The van der Waals surface area contributed by atoms with Gasteiger partial charge in [0.1, 0.15) is 5.60 Å². The summed E-state index contributed by atoms with van der Waals surface area (Å²) in [6, 6.07) is 3.40. The number of fused-ring (bicyclic) bond motifs is 1. The van der Waals surface area contributed by atoms with E-state index in [0.717, 1.165) is 9.99 Å². The number of benzene rings is 1. The van der Waals surface area contributed by atoms with Crippen LogP contribution in [0.1, 0.15) is 31.1 Å². The van der Waals surface area contributed by atoms with E-state index in [1.807, 2.05) is 27.8 Å². The van der Waals surface area contributed by atoms with Crippen LogP contribution >= 0.6 is 15.9 Å². The largest absolute Gasteiger partial charge is 0.456 e. The molecule has 0 aliphatic rings. The normalized spacial score (nSPS) is 11.8. The molecule has 2 N–H and O–H groups in total. The number of anilines is 1. The Morgan fingerprint density at radius 1 is 1.42 bits per heavy atom. The van der Waals surface area contributed by atoms with E-state index in [9.17, 15) is 4.79 Å². The standard InChI is InChI=1S/C13H16BrN3O2/c1-13(2,3)19-11(18)7-5-8(14)10-9(6-7)16-12(15)17(10)4/h5-6H,1-4H3,(H2,15,16). The van der Waals surface area contributed by atoms with Crippen molar-refractivity contribution in [3.63, 3.8) is 0 Å². The van der Waals surface area contributed by atoms with Gasteiger partial charge in [-0.15, -0.1) is 0 Å². The minimum Gasteiger partial charge on any atom is -0.456 e. The first-order valence-electron chi connectivity index (χ1n) is 5.84. The number of nitrogen functional groups attached to an aromatic ring is 1. The Kier molecular flexibility index (Phi) is 3.30. The Labute approximate surface area is 119 Å². The minimum atomic E-state index is -0.526. The molecule has 6 heteroatoms. The number of esters is 1. The third-order valence-corrected chi connectivity index (χ3v) is 3.20. The van der Waals surface area contributed by atoms with Crippen LogP contribution in [0.5, 0.6) is 0 Å². The van der Waals surface area contributed by atoms with Crippen LogP contribution in [0.2, 0.25) is 0 Å². The Balaban J connectivity index is 2.50. The first-order chi connectivity index (χ1) is 8.69. The lowest BCUT2D eigenvalue weighted by Gasteiger charge is -2.19. The molecule has 0 aliphatic heterocycles. The number of aromatic nitrogens is 2. The molecule has 0 unspecified atom stereocenters. The first-order valence-corrected chi connectivity index (χ1v) is 6.63. The molecule has 102 valence electrons. The fourth-order valence-corrected chi connectivity index (χ4v) is 2.49. The van der Waals surface area contributed by atoms with Crippen LogP contribution in [-0.4, -0.2) is 21.1 Å². The highest BCUT2D eigenvalue weighted by molar-refractivity contribution is 9.10. The molecule has 1 aromatic heterocycles. The van der Waals surface area contributed by atoms with Crippen LogP contribution in [0.15, 0.2) is 16.6 Å². The number of aryl methyl sites for hydroxylation is 1. The van der Waals surface area contributed by atoms with Crippen molar-refractivity contribution in [3.8, 4) is 0 Å². The van der Waals surface area contributed by atoms with Crippen molar-refractivity contribution in [2.24, 2.45) is 7.05 Å². The lowest BCUT2D eigenvalue weighted by molar-refractivity contribution is 0.00696. The number of hydrogen-bond donors (Lipinski definition) is 1. The van der Waals surface area contributed by atoms with Gasteiger partial charge in [-0.25, -0.2) is 9.78 Å². The molecule has 1 heterocycles. The second kappa shape index (κ2) is 4.52. The molecular weight excluding hydrogens is 310 g/mol. The van der Waals surface area contributed by atoms with Crippen molar-refractivity contribution in [2.45, 2.75) is 26.4 Å². The molecule has 0 aliphatic carbocycles. The highest BCUT2D eigenvalue weighted by atomic mass is 79.9. The number of halogens is 1. The zero-order chi connectivity index (χ0) is 14.4. The predicted octanol–water partition coefficient (Wildman–Crippen LogP) is 2.87. The van der Waals surface area contributed by atoms with Crippen molar-refractivity contribution in [1.82, 2.24) is 9.55 Å². The molecular formula is C13H16BrN3O2. The Morgan fingerprint density at radius 2 is 2.05 bits per heavy atom. The number of ether oxygens (including phenoxy) is 1. The van der Waals surface area contributed by atoms with E-state index < -0.39 is 5.60 Å². The van der Waals surface area contributed by atoms with E-state index in [1.54, 1.807) is 16.7 Å². The van der Waals surface area contributed by atoms with Gasteiger partial charge in [0.2, 0.25) is 5.95 Å². The van der Waals surface area contributed by atoms with E-state index in [2.05, 4.69) is 20.9 Å². The van der Waals surface area contributed by atoms with E-state index in [-0.39, 0.29) is 5.97 Å². The fourth-order valence-electron chi connectivity index (χ4n) is 1.77. The van der Waals surface area contributed by atoms with Gasteiger partial charge in [0.15, 0.2) is 0 Å². The lowest BCUT2D eigenvalue weighted by Crippen LogP contribution is -2.23. The van der Waals surface area contributed by atoms with Crippen molar-refractivity contribution in [1.29, 1.82) is 0 Å². The highest BCUT2D eigenvalue weighted by Crippen LogP contribution is 2.27. The third kappa shape index (κ3) is 2.73. The molecule has 0 saturated carbocycles. The molecule has 19 heavy (non-hydrogen) atoms. The number of hydrogen-bond acceptors (Lipinski definition) is 4.